The van der Waals surface area contributed by atoms with Gasteiger partial charge in [0.15, 0.2) is 12.4 Å². The predicted molar refractivity (Wildman–Crippen MR) is 94.6 cm³/mol. The highest BCUT2D eigenvalue weighted by atomic mass is 19.3. The lowest BCUT2D eigenvalue weighted by atomic mass is 10.1. The van der Waals surface area contributed by atoms with E-state index in [0.717, 1.165) is 4.68 Å². The molecule has 3 aromatic rings. The van der Waals surface area contributed by atoms with Crippen molar-refractivity contribution >= 4 is 11.8 Å². The van der Waals surface area contributed by atoms with Crippen LogP contribution in [0.5, 0.6) is 5.75 Å². The van der Waals surface area contributed by atoms with Gasteiger partial charge in [-0.2, -0.15) is 13.5 Å². The van der Waals surface area contributed by atoms with Gasteiger partial charge < -0.3 is 13.9 Å². The van der Waals surface area contributed by atoms with Crippen LogP contribution in [0.3, 0.4) is 0 Å². The maximum Gasteiger partial charge on any atom is 0.437 e. The number of rotatable bonds is 8. The van der Waals surface area contributed by atoms with Crippen LogP contribution >= 0.6 is 0 Å². The summed E-state index contributed by atoms with van der Waals surface area (Å²) in [5.41, 5.74) is 0.704. The Morgan fingerprint density at radius 2 is 1.76 bits per heavy atom. The molecule has 8 nitrogen and oxygen atoms in total. The summed E-state index contributed by atoms with van der Waals surface area (Å²) >= 11 is 0. The van der Waals surface area contributed by atoms with E-state index in [9.17, 15) is 23.2 Å². The number of nitrogens with zero attached hydrogens (tertiary/aromatic N) is 2. The summed E-state index contributed by atoms with van der Waals surface area (Å²) in [4.78, 5) is 35.7. The first kappa shape index (κ1) is 19.9. The first-order chi connectivity index (χ1) is 13.9. The largest absolute Gasteiger partial charge is 0.456 e. The summed E-state index contributed by atoms with van der Waals surface area (Å²) < 4.78 is 39.0. The van der Waals surface area contributed by atoms with Gasteiger partial charge in [0.2, 0.25) is 5.89 Å². The topological polar surface area (TPSA) is 101 Å². The number of hydrogen-bond acceptors (Lipinski definition) is 7. The smallest absolute Gasteiger partial charge is 0.437 e. The Bertz CT molecular complexity index is 1040. The molecule has 0 saturated carbocycles. The average Bonchev–Trinajstić information content (AvgIpc) is 3.07. The summed E-state index contributed by atoms with van der Waals surface area (Å²) in [6, 6.07) is 13.6. The Hall–Kier alpha value is -3.82. The van der Waals surface area contributed by atoms with Crippen molar-refractivity contribution in [3.05, 3.63) is 70.7 Å². The van der Waals surface area contributed by atoms with Crippen LogP contribution in [-0.4, -0.2) is 34.8 Å². The van der Waals surface area contributed by atoms with E-state index in [1.54, 1.807) is 30.3 Å². The van der Waals surface area contributed by atoms with Gasteiger partial charge in [0.1, 0.15) is 12.3 Å². The highest BCUT2D eigenvalue weighted by Gasteiger charge is 2.16. The molecule has 1 heterocycles. The van der Waals surface area contributed by atoms with Crippen molar-refractivity contribution in [3.63, 3.8) is 0 Å². The molecular weight excluding hydrogens is 390 g/mol. The average molecular weight is 404 g/mol. The normalized spacial score (nSPS) is 10.7. The van der Waals surface area contributed by atoms with Crippen molar-refractivity contribution in [3.8, 4) is 17.2 Å². The van der Waals surface area contributed by atoms with Gasteiger partial charge in [-0.25, -0.2) is 4.79 Å². The molecule has 0 radical (unpaired) electrons. The number of hydrogen-bond donors (Lipinski definition) is 0. The molecule has 10 heteroatoms. The molecule has 3 rings (SSSR count). The van der Waals surface area contributed by atoms with E-state index in [1.165, 1.54) is 24.3 Å². The van der Waals surface area contributed by atoms with Crippen molar-refractivity contribution in [1.82, 2.24) is 9.78 Å². The highest BCUT2D eigenvalue weighted by Crippen LogP contribution is 2.16. The number of ether oxygens (including phenoxy) is 2. The van der Waals surface area contributed by atoms with Crippen molar-refractivity contribution < 1.29 is 32.3 Å². The lowest BCUT2D eigenvalue weighted by molar-refractivity contribution is -0.143. The van der Waals surface area contributed by atoms with E-state index in [0.29, 0.717) is 5.56 Å². The molecule has 0 atom stereocenters. The standard InChI is InChI=1S/C19H14F2N2O6/c20-18(21)28-14-8-6-12(7-9-14)15(24)11-27-16(25)10-23-19(26)29-17(22-23)13-4-2-1-3-5-13/h1-9,18H,10-11H2. The summed E-state index contributed by atoms with van der Waals surface area (Å²) in [5.74, 6) is -2.33. The third-order valence-corrected chi connectivity index (χ3v) is 3.67. The second kappa shape index (κ2) is 8.91. The lowest BCUT2D eigenvalue weighted by Gasteiger charge is -2.06. The number of carbonyl (C=O) groups excluding carboxylic acids is 2. The zero-order valence-corrected chi connectivity index (χ0v) is 14.8. The van der Waals surface area contributed by atoms with Gasteiger partial charge in [0.05, 0.1) is 0 Å². The third-order valence-electron chi connectivity index (χ3n) is 3.67. The van der Waals surface area contributed by atoms with E-state index in [2.05, 4.69) is 9.84 Å². The minimum absolute atomic E-state index is 0.0468. The highest BCUT2D eigenvalue weighted by molar-refractivity contribution is 5.98. The second-order valence-corrected chi connectivity index (χ2v) is 5.68. The van der Waals surface area contributed by atoms with Gasteiger partial charge in [0.25, 0.3) is 0 Å². The molecule has 0 fully saturated rings. The second-order valence-electron chi connectivity index (χ2n) is 5.68. The summed E-state index contributed by atoms with van der Waals surface area (Å²) in [6.07, 6.45) is 0. The predicted octanol–water partition coefficient (Wildman–Crippen LogP) is 2.53. The molecule has 0 spiro atoms. The molecule has 29 heavy (non-hydrogen) atoms. The van der Waals surface area contributed by atoms with Crippen molar-refractivity contribution in [2.75, 3.05) is 6.61 Å². The molecular formula is C19H14F2N2O6. The van der Waals surface area contributed by atoms with E-state index >= 15 is 0 Å². The quantitative estimate of drug-likeness (QED) is 0.420. The fourth-order valence-corrected chi connectivity index (χ4v) is 2.32. The fourth-order valence-electron chi connectivity index (χ4n) is 2.32. The molecule has 1 aromatic heterocycles. The number of aromatic nitrogens is 2. The van der Waals surface area contributed by atoms with E-state index < -0.39 is 37.3 Å². The number of halogens is 2. The zero-order chi connectivity index (χ0) is 20.8. The molecule has 0 saturated heterocycles. The monoisotopic (exact) mass is 404 g/mol. The van der Waals surface area contributed by atoms with E-state index in [1.807, 2.05) is 0 Å². The van der Waals surface area contributed by atoms with Gasteiger partial charge in [0, 0.05) is 11.1 Å². The van der Waals surface area contributed by atoms with Crippen LogP contribution in [-0.2, 0) is 16.1 Å². The van der Waals surface area contributed by atoms with Crippen LogP contribution in [0.1, 0.15) is 10.4 Å². The SMILES string of the molecule is O=C(Cn1nc(-c2ccccc2)oc1=O)OCC(=O)c1ccc(OC(F)F)cc1. The van der Waals surface area contributed by atoms with Gasteiger partial charge >= 0.3 is 18.3 Å². The molecule has 0 bridgehead atoms. The van der Waals surface area contributed by atoms with E-state index in [-0.39, 0.29) is 17.2 Å². The van der Waals surface area contributed by atoms with Crippen LogP contribution in [0.4, 0.5) is 8.78 Å². The Morgan fingerprint density at radius 3 is 2.41 bits per heavy atom. The maximum atomic E-state index is 12.1. The molecule has 0 aliphatic rings. The summed E-state index contributed by atoms with van der Waals surface area (Å²) in [7, 11) is 0. The number of esters is 1. The Labute approximate surface area is 162 Å². The van der Waals surface area contributed by atoms with Gasteiger partial charge in [-0.15, -0.1) is 5.10 Å². The number of benzene rings is 2. The Morgan fingerprint density at radius 1 is 1.07 bits per heavy atom. The third kappa shape index (κ3) is 5.34. The molecule has 0 N–H and O–H groups in total. The first-order valence-electron chi connectivity index (χ1n) is 8.29. The minimum Gasteiger partial charge on any atom is -0.456 e. The van der Waals surface area contributed by atoms with Crippen LogP contribution in [0.25, 0.3) is 11.5 Å². The molecule has 150 valence electrons. The number of carbonyl (C=O) groups is 2. The molecule has 2 aromatic carbocycles. The zero-order valence-electron chi connectivity index (χ0n) is 14.8. The van der Waals surface area contributed by atoms with Crippen molar-refractivity contribution in [1.29, 1.82) is 0 Å². The maximum absolute atomic E-state index is 12.1. The van der Waals surface area contributed by atoms with Crippen LogP contribution < -0.4 is 10.5 Å². The first-order valence-corrected chi connectivity index (χ1v) is 8.29. The Balaban J connectivity index is 1.55. The summed E-state index contributed by atoms with van der Waals surface area (Å²) in [5, 5.41) is 3.92. The van der Waals surface area contributed by atoms with Crippen LogP contribution in [0.15, 0.2) is 63.8 Å². The minimum atomic E-state index is -2.97. The number of Topliss-reactive ketones (excluding diaryl/α,β-unsaturated/α-hetero) is 1. The molecule has 0 aliphatic carbocycles. The van der Waals surface area contributed by atoms with E-state index in [4.69, 9.17) is 9.15 Å². The van der Waals surface area contributed by atoms with Crippen molar-refractivity contribution in [2.24, 2.45) is 0 Å². The van der Waals surface area contributed by atoms with Crippen LogP contribution in [0.2, 0.25) is 0 Å². The van der Waals surface area contributed by atoms with Gasteiger partial charge in [-0.1, -0.05) is 18.2 Å². The van der Waals surface area contributed by atoms with Gasteiger partial charge in [-0.05, 0) is 36.4 Å². The van der Waals surface area contributed by atoms with Crippen molar-refractivity contribution in [2.45, 2.75) is 13.2 Å². The molecule has 0 unspecified atom stereocenters. The lowest BCUT2D eigenvalue weighted by Crippen LogP contribution is -2.24. The Kier molecular flexibility index (Phi) is 6.12. The molecule has 0 amide bonds. The fraction of sp³-hybridized carbons (Fsp3) is 0.158. The summed E-state index contributed by atoms with van der Waals surface area (Å²) in [6.45, 7) is -4.10. The number of alkyl halides is 2. The van der Waals surface area contributed by atoms with Crippen LogP contribution in [0, 0.1) is 0 Å². The van der Waals surface area contributed by atoms with Gasteiger partial charge in [-0.3, -0.25) is 9.59 Å². The molecule has 0 aliphatic heterocycles. The number of ketones is 1.